The number of rotatable bonds is 5. The van der Waals surface area contributed by atoms with Crippen LogP contribution >= 0.6 is 0 Å². The fourth-order valence-corrected chi connectivity index (χ4v) is 2.23. The second-order valence-corrected chi connectivity index (χ2v) is 4.90. The van der Waals surface area contributed by atoms with Crippen molar-refractivity contribution in [2.24, 2.45) is 4.99 Å². The van der Waals surface area contributed by atoms with E-state index in [1.54, 1.807) is 19.2 Å². The van der Waals surface area contributed by atoms with Crippen molar-refractivity contribution in [1.82, 2.24) is 10.6 Å². The standard InChI is InChI=1S/C15H22FN3O/c1-17-15(18-9-8-14-3-2-10-20-14)19-11-12-4-6-13(16)7-5-12/h4-7,14H,2-3,8-11H2,1H3,(H2,17,18,19). The molecule has 1 saturated heterocycles. The number of halogens is 1. The lowest BCUT2D eigenvalue weighted by molar-refractivity contribution is 0.105. The van der Waals surface area contributed by atoms with Crippen molar-refractivity contribution in [2.45, 2.75) is 31.9 Å². The van der Waals surface area contributed by atoms with Crippen molar-refractivity contribution < 1.29 is 9.13 Å². The second kappa shape index (κ2) is 7.85. The first-order chi connectivity index (χ1) is 9.78. The normalized spacial score (nSPS) is 19.1. The Morgan fingerprint density at radius 3 is 2.80 bits per heavy atom. The molecule has 0 bridgehead atoms. The number of nitrogens with zero attached hydrogens (tertiary/aromatic N) is 1. The fourth-order valence-electron chi connectivity index (χ4n) is 2.23. The van der Waals surface area contributed by atoms with Gasteiger partial charge in [0.15, 0.2) is 5.96 Å². The van der Waals surface area contributed by atoms with Gasteiger partial charge in [-0.15, -0.1) is 0 Å². The molecule has 1 unspecified atom stereocenters. The van der Waals surface area contributed by atoms with E-state index in [-0.39, 0.29) is 5.82 Å². The van der Waals surface area contributed by atoms with Crippen LogP contribution in [0.15, 0.2) is 29.3 Å². The molecule has 1 fully saturated rings. The van der Waals surface area contributed by atoms with E-state index in [4.69, 9.17) is 4.74 Å². The van der Waals surface area contributed by atoms with E-state index in [0.717, 1.165) is 37.5 Å². The Labute approximate surface area is 119 Å². The zero-order chi connectivity index (χ0) is 14.2. The molecule has 0 radical (unpaired) electrons. The number of ether oxygens (including phenoxy) is 1. The quantitative estimate of drug-likeness (QED) is 0.640. The van der Waals surface area contributed by atoms with Crippen LogP contribution in [0.3, 0.4) is 0 Å². The predicted molar refractivity (Wildman–Crippen MR) is 78.2 cm³/mol. The molecule has 0 aliphatic carbocycles. The molecule has 1 aromatic carbocycles. The molecule has 1 atom stereocenters. The highest BCUT2D eigenvalue weighted by atomic mass is 19.1. The van der Waals surface area contributed by atoms with Gasteiger partial charge in [-0.3, -0.25) is 4.99 Å². The first-order valence-electron chi connectivity index (χ1n) is 7.08. The Bertz CT molecular complexity index is 427. The lowest BCUT2D eigenvalue weighted by Crippen LogP contribution is -2.38. The van der Waals surface area contributed by atoms with Crippen LogP contribution in [-0.2, 0) is 11.3 Å². The third kappa shape index (κ3) is 4.81. The Hall–Kier alpha value is -1.62. The van der Waals surface area contributed by atoms with Gasteiger partial charge in [0, 0.05) is 26.7 Å². The van der Waals surface area contributed by atoms with Crippen LogP contribution in [0, 0.1) is 5.82 Å². The lowest BCUT2D eigenvalue weighted by atomic mass is 10.2. The van der Waals surface area contributed by atoms with Gasteiger partial charge in [0.05, 0.1) is 6.10 Å². The molecule has 20 heavy (non-hydrogen) atoms. The monoisotopic (exact) mass is 279 g/mol. The van der Waals surface area contributed by atoms with Crippen LogP contribution < -0.4 is 10.6 Å². The molecule has 1 aliphatic rings. The van der Waals surface area contributed by atoms with Gasteiger partial charge < -0.3 is 15.4 Å². The molecule has 0 saturated carbocycles. The maximum Gasteiger partial charge on any atom is 0.191 e. The highest BCUT2D eigenvalue weighted by Gasteiger charge is 2.14. The van der Waals surface area contributed by atoms with Gasteiger partial charge in [-0.05, 0) is 37.0 Å². The van der Waals surface area contributed by atoms with E-state index in [2.05, 4.69) is 15.6 Å². The minimum absolute atomic E-state index is 0.215. The SMILES string of the molecule is CN=C(NCCC1CCCO1)NCc1ccc(F)cc1. The Morgan fingerprint density at radius 1 is 1.35 bits per heavy atom. The van der Waals surface area contributed by atoms with Crippen LogP contribution in [0.5, 0.6) is 0 Å². The van der Waals surface area contributed by atoms with Crippen molar-refractivity contribution in [3.63, 3.8) is 0 Å². The molecule has 110 valence electrons. The van der Waals surface area contributed by atoms with Crippen LogP contribution in [0.2, 0.25) is 0 Å². The van der Waals surface area contributed by atoms with Gasteiger partial charge in [-0.25, -0.2) is 4.39 Å². The highest BCUT2D eigenvalue weighted by Crippen LogP contribution is 2.14. The van der Waals surface area contributed by atoms with Crippen LogP contribution in [0.25, 0.3) is 0 Å². The number of hydrogen-bond acceptors (Lipinski definition) is 2. The zero-order valence-electron chi connectivity index (χ0n) is 11.9. The average molecular weight is 279 g/mol. The largest absolute Gasteiger partial charge is 0.378 e. The van der Waals surface area contributed by atoms with E-state index in [1.807, 2.05) is 0 Å². The predicted octanol–water partition coefficient (Wildman–Crippen LogP) is 2.06. The van der Waals surface area contributed by atoms with Crippen LogP contribution in [-0.4, -0.2) is 32.3 Å². The van der Waals surface area contributed by atoms with Crippen molar-refractivity contribution in [2.75, 3.05) is 20.2 Å². The number of hydrogen-bond donors (Lipinski definition) is 2. The maximum atomic E-state index is 12.8. The third-order valence-electron chi connectivity index (χ3n) is 3.38. The highest BCUT2D eigenvalue weighted by molar-refractivity contribution is 5.79. The number of aliphatic imine (C=N–C) groups is 1. The summed E-state index contributed by atoms with van der Waals surface area (Å²) in [5.41, 5.74) is 1.02. The summed E-state index contributed by atoms with van der Waals surface area (Å²) in [6, 6.07) is 6.46. The lowest BCUT2D eigenvalue weighted by Gasteiger charge is -2.14. The molecular weight excluding hydrogens is 257 g/mol. The van der Waals surface area contributed by atoms with E-state index < -0.39 is 0 Å². The Morgan fingerprint density at radius 2 is 2.15 bits per heavy atom. The first-order valence-corrected chi connectivity index (χ1v) is 7.08. The van der Waals surface area contributed by atoms with Gasteiger partial charge in [0.1, 0.15) is 5.82 Å². The summed E-state index contributed by atoms with van der Waals surface area (Å²) < 4.78 is 18.4. The molecule has 5 heteroatoms. The van der Waals surface area contributed by atoms with Gasteiger partial charge >= 0.3 is 0 Å². The van der Waals surface area contributed by atoms with E-state index in [1.165, 1.54) is 18.6 Å². The summed E-state index contributed by atoms with van der Waals surface area (Å²) in [5.74, 6) is 0.542. The van der Waals surface area contributed by atoms with Gasteiger partial charge in [-0.2, -0.15) is 0 Å². The minimum Gasteiger partial charge on any atom is -0.378 e. The van der Waals surface area contributed by atoms with Crippen molar-refractivity contribution in [3.8, 4) is 0 Å². The number of guanidine groups is 1. The number of benzene rings is 1. The summed E-state index contributed by atoms with van der Waals surface area (Å²) in [6.07, 6.45) is 3.71. The summed E-state index contributed by atoms with van der Waals surface area (Å²) in [7, 11) is 1.74. The summed E-state index contributed by atoms with van der Waals surface area (Å²) in [4.78, 5) is 4.16. The maximum absolute atomic E-state index is 12.8. The summed E-state index contributed by atoms with van der Waals surface area (Å²) in [6.45, 7) is 2.36. The Kier molecular flexibility index (Phi) is 5.80. The molecule has 1 aliphatic heterocycles. The smallest absolute Gasteiger partial charge is 0.191 e. The van der Waals surface area contributed by atoms with Crippen LogP contribution in [0.4, 0.5) is 4.39 Å². The molecule has 2 rings (SSSR count). The first kappa shape index (κ1) is 14.8. The van der Waals surface area contributed by atoms with E-state index in [9.17, 15) is 4.39 Å². The van der Waals surface area contributed by atoms with Crippen molar-refractivity contribution in [3.05, 3.63) is 35.6 Å². The average Bonchev–Trinajstić information content (AvgIpc) is 2.97. The van der Waals surface area contributed by atoms with E-state index in [0.29, 0.717) is 12.6 Å². The second-order valence-electron chi connectivity index (χ2n) is 4.90. The fraction of sp³-hybridized carbons (Fsp3) is 0.533. The molecule has 4 nitrogen and oxygen atoms in total. The third-order valence-corrected chi connectivity index (χ3v) is 3.38. The summed E-state index contributed by atoms with van der Waals surface area (Å²) >= 11 is 0. The van der Waals surface area contributed by atoms with Crippen molar-refractivity contribution in [1.29, 1.82) is 0 Å². The van der Waals surface area contributed by atoms with Crippen LogP contribution in [0.1, 0.15) is 24.8 Å². The van der Waals surface area contributed by atoms with Crippen molar-refractivity contribution >= 4 is 5.96 Å². The number of nitrogens with one attached hydrogen (secondary N) is 2. The molecular formula is C15H22FN3O. The van der Waals surface area contributed by atoms with Gasteiger partial charge in [0.25, 0.3) is 0 Å². The van der Waals surface area contributed by atoms with Gasteiger partial charge in [0.2, 0.25) is 0 Å². The zero-order valence-corrected chi connectivity index (χ0v) is 11.9. The molecule has 1 aromatic rings. The Balaban J connectivity index is 1.68. The molecule has 1 heterocycles. The minimum atomic E-state index is -0.215. The molecule has 0 spiro atoms. The topological polar surface area (TPSA) is 45.7 Å². The summed E-state index contributed by atoms with van der Waals surface area (Å²) in [5, 5.41) is 6.47. The molecule has 2 N–H and O–H groups in total. The molecule has 0 amide bonds. The van der Waals surface area contributed by atoms with Gasteiger partial charge in [-0.1, -0.05) is 12.1 Å². The molecule has 0 aromatic heterocycles. The van der Waals surface area contributed by atoms with E-state index >= 15 is 0 Å².